The normalized spacial score (nSPS) is 11.9. The van der Waals surface area contributed by atoms with Gasteiger partial charge in [-0.25, -0.2) is 0 Å². The molecule has 0 bridgehead atoms. The SMILES string of the molecule is CCCCCCCCCCCCCCCCC(=O)O[C@H](COC(=O)CCCCCCC)COC(=O)CCCCCCCCCCCCCC(C)C. The first kappa shape index (κ1) is 49.4. The van der Waals surface area contributed by atoms with E-state index in [0.29, 0.717) is 19.3 Å². The lowest BCUT2D eigenvalue weighted by molar-refractivity contribution is -0.167. The molecule has 0 radical (unpaired) electrons. The Morgan fingerprint density at radius 1 is 0.373 bits per heavy atom. The lowest BCUT2D eigenvalue weighted by Crippen LogP contribution is -2.30. The Kier molecular flexibility index (Phi) is 38.4. The second-order valence-electron chi connectivity index (χ2n) is 15.8. The zero-order chi connectivity index (χ0) is 37.5. The largest absolute Gasteiger partial charge is 0.462 e. The summed E-state index contributed by atoms with van der Waals surface area (Å²) in [7, 11) is 0. The van der Waals surface area contributed by atoms with Crippen LogP contribution in [0.2, 0.25) is 0 Å². The van der Waals surface area contributed by atoms with Gasteiger partial charge < -0.3 is 14.2 Å². The Labute approximate surface area is 317 Å². The van der Waals surface area contributed by atoms with Crippen molar-refractivity contribution in [2.24, 2.45) is 5.92 Å². The molecule has 0 rings (SSSR count). The van der Waals surface area contributed by atoms with Crippen molar-refractivity contribution in [3.63, 3.8) is 0 Å². The topological polar surface area (TPSA) is 78.9 Å². The maximum absolute atomic E-state index is 12.6. The lowest BCUT2D eigenvalue weighted by Gasteiger charge is -2.18. The summed E-state index contributed by atoms with van der Waals surface area (Å²) in [4.78, 5) is 37.4. The highest BCUT2D eigenvalue weighted by atomic mass is 16.6. The number of unbranched alkanes of at least 4 members (excludes halogenated alkanes) is 27. The monoisotopic (exact) mass is 723 g/mol. The molecule has 51 heavy (non-hydrogen) atoms. The summed E-state index contributed by atoms with van der Waals surface area (Å²) >= 11 is 0. The van der Waals surface area contributed by atoms with Crippen molar-refractivity contribution >= 4 is 17.9 Å². The molecule has 0 aliphatic heterocycles. The van der Waals surface area contributed by atoms with E-state index in [4.69, 9.17) is 14.2 Å². The van der Waals surface area contributed by atoms with Crippen LogP contribution in [0.4, 0.5) is 0 Å². The third-order valence-electron chi connectivity index (χ3n) is 10.0. The molecule has 0 aliphatic carbocycles. The fraction of sp³-hybridized carbons (Fsp3) is 0.933. The van der Waals surface area contributed by atoms with Gasteiger partial charge in [0.05, 0.1) is 0 Å². The number of hydrogen-bond acceptors (Lipinski definition) is 6. The van der Waals surface area contributed by atoms with Crippen LogP contribution in [-0.4, -0.2) is 37.2 Å². The second-order valence-corrected chi connectivity index (χ2v) is 15.8. The van der Waals surface area contributed by atoms with Crippen molar-refractivity contribution in [2.75, 3.05) is 13.2 Å². The van der Waals surface area contributed by atoms with Crippen molar-refractivity contribution in [2.45, 2.75) is 252 Å². The molecular formula is C45H86O6. The van der Waals surface area contributed by atoms with Gasteiger partial charge in [0.15, 0.2) is 6.10 Å². The van der Waals surface area contributed by atoms with Crippen molar-refractivity contribution in [3.05, 3.63) is 0 Å². The number of esters is 3. The molecule has 0 aliphatic rings. The first-order chi connectivity index (χ1) is 24.9. The number of hydrogen-bond donors (Lipinski definition) is 0. The maximum Gasteiger partial charge on any atom is 0.306 e. The average Bonchev–Trinajstić information content (AvgIpc) is 3.11. The number of rotatable bonds is 40. The smallest absolute Gasteiger partial charge is 0.306 e. The van der Waals surface area contributed by atoms with Crippen molar-refractivity contribution in [1.82, 2.24) is 0 Å². The Morgan fingerprint density at radius 3 is 0.961 bits per heavy atom. The predicted octanol–water partition coefficient (Wildman–Crippen LogP) is 13.9. The van der Waals surface area contributed by atoms with E-state index in [2.05, 4.69) is 27.7 Å². The summed E-state index contributed by atoms with van der Waals surface area (Å²) < 4.78 is 16.6. The minimum absolute atomic E-state index is 0.0649. The number of carbonyl (C=O) groups excluding carboxylic acids is 3. The molecular weight excluding hydrogens is 636 g/mol. The van der Waals surface area contributed by atoms with E-state index in [0.717, 1.165) is 70.1 Å². The molecule has 0 saturated heterocycles. The van der Waals surface area contributed by atoms with E-state index < -0.39 is 6.10 Å². The van der Waals surface area contributed by atoms with Crippen molar-refractivity contribution in [3.8, 4) is 0 Å². The van der Waals surface area contributed by atoms with Crippen LogP contribution in [0, 0.1) is 5.92 Å². The Balaban J connectivity index is 4.19. The molecule has 0 N–H and O–H groups in total. The summed E-state index contributed by atoms with van der Waals surface area (Å²) in [6.45, 7) is 8.91. The predicted molar refractivity (Wildman–Crippen MR) is 215 cm³/mol. The van der Waals surface area contributed by atoms with Crippen LogP contribution in [0.15, 0.2) is 0 Å². The first-order valence-corrected chi connectivity index (χ1v) is 22.4. The minimum atomic E-state index is -0.757. The van der Waals surface area contributed by atoms with E-state index in [-0.39, 0.29) is 31.1 Å². The summed E-state index contributed by atoms with van der Waals surface area (Å²) in [5.41, 5.74) is 0. The fourth-order valence-electron chi connectivity index (χ4n) is 6.63. The van der Waals surface area contributed by atoms with Gasteiger partial charge in [0.1, 0.15) is 13.2 Å². The Morgan fingerprint density at radius 2 is 0.647 bits per heavy atom. The van der Waals surface area contributed by atoms with E-state index in [1.807, 2.05) is 0 Å². The summed E-state index contributed by atoms with van der Waals surface area (Å²) in [5.74, 6) is -0.0417. The van der Waals surface area contributed by atoms with E-state index in [1.165, 1.54) is 135 Å². The van der Waals surface area contributed by atoms with Gasteiger partial charge in [0.2, 0.25) is 0 Å². The lowest BCUT2D eigenvalue weighted by atomic mass is 10.0. The van der Waals surface area contributed by atoms with Gasteiger partial charge in [-0.2, -0.15) is 0 Å². The molecule has 0 aromatic rings. The maximum atomic E-state index is 12.6. The quantitative estimate of drug-likeness (QED) is 0.0356. The van der Waals surface area contributed by atoms with E-state index in [1.54, 1.807) is 0 Å². The highest BCUT2D eigenvalue weighted by Crippen LogP contribution is 2.16. The van der Waals surface area contributed by atoms with E-state index >= 15 is 0 Å². The Hall–Kier alpha value is -1.59. The van der Waals surface area contributed by atoms with Crippen LogP contribution in [-0.2, 0) is 28.6 Å². The second kappa shape index (κ2) is 39.6. The summed E-state index contributed by atoms with van der Waals surface area (Å²) in [5, 5.41) is 0. The van der Waals surface area contributed by atoms with Gasteiger partial charge in [0, 0.05) is 19.3 Å². The molecule has 302 valence electrons. The zero-order valence-electron chi connectivity index (χ0n) is 34.6. The third-order valence-corrected chi connectivity index (χ3v) is 10.0. The van der Waals surface area contributed by atoms with Crippen LogP contribution >= 0.6 is 0 Å². The molecule has 0 unspecified atom stereocenters. The van der Waals surface area contributed by atoms with Crippen molar-refractivity contribution in [1.29, 1.82) is 0 Å². The van der Waals surface area contributed by atoms with Gasteiger partial charge in [-0.15, -0.1) is 0 Å². The van der Waals surface area contributed by atoms with Crippen LogP contribution in [0.1, 0.15) is 246 Å². The Bertz CT molecular complexity index is 766. The molecule has 6 nitrogen and oxygen atoms in total. The molecule has 0 aromatic heterocycles. The molecule has 0 spiro atoms. The van der Waals surface area contributed by atoms with Crippen molar-refractivity contribution < 1.29 is 28.6 Å². The molecule has 0 saturated carbocycles. The summed E-state index contributed by atoms with van der Waals surface area (Å²) in [6.07, 6.45) is 38.3. The van der Waals surface area contributed by atoms with Gasteiger partial charge >= 0.3 is 17.9 Å². The first-order valence-electron chi connectivity index (χ1n) is 22.4. The van der Waals surface area contributed by atoms with Crippen LogP contribution in [0.5, 0.6) is 0 Å². The fourth-order valence-corrected chi connectivity index (χ4v) is 6.63. The molecule has 0 fully saturated rings. The molecule has 1 atom stereocenters. The van der Waals surface area contributed by atoms with Gasteiger partial charge in [-0.05, 0) is 25.2 Å². The van der Waals surface area contributed by atoms with Gasteiger partial charge in [-0.1, -0.05) is 207 Å². The number of carbonyl (C=O) groups is 3. The molecule has 6 heteroatoms. The number of ether oxygens (including phenoxy) is 3. The van der Waals surface area contributed by atoms with Gasteiger partial charge in [0.25, 0.3) is 0 Å². The standard InChI is InChI=1S/C45H86O6/c1-5-7-9-11-12-13-14-15-16-19-23-26-30-34-38-45(48)51-42(39-49-43(46)36-32-27-10-8-6-2)40-50-44(47)37-33-29-25-22-20-17-18-21-24-28-31-35-41(3)4/h41-42H,5-40H2,1-4H3/t42-/m1/s1. The summed E-state index contributed by atoms with van der Waals surface area (Å²) in [6, 6.07) is 0. The molecule has 0 heterocycles. The van der Waals surface area contributed by atoms with E-state index in [9.17, 15) is 14.4 Å². The average molecular weight is 723 g/mol. The third kappa shape index (κ3) is 39.5. The van der Waals surface area contributed by atoms with Gasteiger partial charge in [-0.3, -0.25) is 14.4 Å². The molecule has 0 aromatic carbocycles. The highest BCUT2D eigenvalue weighted by Gasteiger charge is 2.19. The minimum Gasteiger partial charge on any atom is -0.462 e. The van der Waals surface area contributed by atoms with Crippen LogP contribution < -0.4 is 0 Å². The van der Waals surface area contributed by atoms with Crippen LogP contribution in [0.25, 0.3) is 0 Å². The molecule has 0 amide bonds. The van der Waals surface area contributed by atoms with Crippen LogP contribution in [0.3, 0.4) is 0 Å². The highest BCUT2D eigenvalue weighted by molar-refractivity contribution is 5.71. The zero-order valence-corrected chi connectivity index (χ0v) is 34.6.